The number of amides is 2. The van der Waals surface area contributed by atoms with Gasteiger partial charge in [0.25, 0.3) is 0 Å². The van der Waals surface area contributed by atoms with E-state index in [1.165, 1.54) is 0 Å². The molecule has 1 atom stereocenters. The molecule has 0 saturated carbocycles. The molecular formula is C10H18N2O5. The second-order valence-electron chi connectivity index (χ2n) is 4.57. The van der Waals surface area contributed by atoms with Crippen molar-refractivity contribution in [1.82, 2.24) is 10.6 Å². The van der Waals surface area contributed by atoms with Crippen molar-refractivity contribution in [3.8, 4) is 0 Å². The monoisotopic (exact) mass is 246 g/mol. The number of carboxylic acid groups (broad SMARTS) is 1. The Balaban J connectivity index is 4.12. The molecule has 0 fully saturated rings. The van der Waals surface area contributed by atoms with E-state index in [0.29, 0.717) is 0 Å². The number of carboxylic acids is 1. The molecule has 0 saturated heterocycles. The van der Waals surface area contributed by atoms with Crippen molar-refractivity contribution in [1.29, 1.82) is 0 Å². The number of hydrogen-bond acceptors (Lipinski definition) is 4. The van der Waals surface area contributed by atoms with Crippen molar-refractivity contribution in [2.24, 2.45) is 5.41 Å². The highest BCUT2D eigenvalue weighted by Crippen LogP contribution is 2.11. The van der Waals surface area contributed by atoms with Crippen molar-refractivity contribution in [2.75, 3.05) is 13.2 Å². The van der Waals surface area contributed by atoms with Crippen molar-refractivity contribution >= 4 is 17.8 Å². The summed E-state index contributed by atoms with van der Waals surface area (Å²) in [4.78, 5) is 33.2. The Morgan fingerprint density at radius 3 is 2.12 bits per heavy atom. The van der Waals surface area contributed by atoms with E-state index in [-0.39, 0.29) is 12.5 Å². The Morgan fingerprint density at radius 1 is 1.24 bits per heavy atom. The van der Waals surface area contributed by atoms with Crippen LogP contribution in [0.15, 0.2) is 0 Å². The molecule has 2 amide bonds. The van der Waals surface area contributed by atoms with Crippen LogP contribution in [0.2, 0.25) is 0 Å². The van der Waals surface area contributed by atoms with Crippen LogP contribution >= 0.6 is 0 Å². The van der Waals surface area contributed by atoms with E-state index in [2.05, 4.69) is 10.6 Å². The molecule has 0 aromatic heterocycles. The summed E-state index contributed by atoms with van der Waals surface area (Å²) < 4.78 is 0. The summed E-state index contributed by atoms with van der Waals surface area (Å²) in [5, 5.41) is 21.7. The molecule has 0 spiro atoms. The van der Waals surface area contributed by atoms with Gasteiger partial charge < -0.3 is 20.8 Å². The van der Waals surface area contributed by atoms with E-state index >= 15 is 0 Å². The van der Waals surface area contributed by atoms with Gasteiger partial charge >= 0.3 is 5.97 Å². The summed E-state index contributed by atoms with van der Waals surface area (Å²) in [7, 11) is 0. The summed E-state index contributed by atoms with van der Waals surface area (Å²) >= 11 is 0. The van der Waals surface area contributed by atoms with Gasteiger partial charge in [0, 0.05) is 5.41 Å². The van der Waals surface area contributed by atoms with Crippen LogP contribution < -0.4 is 10.6 Å². The molecule has 0 bridgehead atoms. The highest BCUT2D eigenvalue weighted by Gasteiger charge is 2.23. The van der Waals surface area contributed by atoms with Crippen LogP contribution in [-0.2, 0) is 14.4 Å². The van der Waals surface area contributed by atoms with Gasteiger partial charge in [-0.05, 0) is 0 Å². The Labute approximate surface area is 99.2 Å². The minimum Gasteiger partial charge on any atom is -0.480 e. The van der Waals surface area contributed by atoms with E-state index in [1.54, 1.807) is 20.8 Å². The molecule has 0 rings (SSSR count). The van der Waals surface area contributed by atoms with Gasteiger partial charge in [-0.15, -0.1) is 0 Å². The maximum atomic E-state index is 11.4. The molecule has 0 aliphatic heterocycles. The predicted molar refractivity (Wildman–Crippen MR) is 59.1 cm³/mol. The summed E-state index contributed by atoms with van der Waals surface area (Å²) in [5.41, 5.74) is -0.622. The molecule has 0 radical (unpaired) electrons. The fourth-order valence-electron chi connectivity index (χ4n) is 0.857. The third kappa shape index (κ3) is 5.86. The number of carbonyl (C=O) groups is 3. The largest absolute Gasteiger partial charge is 0.480 e. The van der Waals surface area contributed by atoms with Gasteiger partial charge in [-0.1, -0.05) is 20.8 Å². The summed E-state index contributed by atoms with van der Waals surface area (Å²) in [5.74, 6) is -2.31. The zero-order valence-corrected chi connectivity index (χ0v) is 10.1. The lowest BCUT2D eigenvalue weighted by molar-refractivity contribution is -0.142. The maximum Gasteiger partial charge on any atom is 0.328 e. The standard InChI is InChI=1S/C10H18N2O5/c1-10(2,3)9(17)11-4-7(14)12-6(5-13)8(15)16/h6,13H,4-5H2,1-3H3,(H,11,17)(H,12,14)(H,15,16)/t6-/m1/s1. The van der Waals surface area contributed by atoms with E-state index in [1.807, 2.05) is 0 Å². The summed E-state index contributed by atoms with van der Waals surface area (Å²) in [6.45, 7) is 4.05. The van der Waals surface area contributed by atoms with Crippen LogP contribution in [-0.4, -0.2) is 47.2 Å². The SMILES string of the molecule is CC(C)(C)C(=O)NCC(=O)N[C@H](CO)C(=O)O. The van der Waals surface area contributed by atoms with Gasteiger partial charge in [0.15, 0.2) is 0 Å². The minimum atomic E-state index is -1.35. The molecule has 0 aromatic carbocycles. The number of aliphatic hydroxyl groups is 1. The number of aliphatic carboxylic acids is 1. The average Bonchev–Trinajstić information content (AvgIpc) is 2.20. The van der Waals surface area contributed by atoms with Crippen LogP contribution in [0.1, 0.15) is 20.8 Å². The van der Waals surface area contributed by atoms with Crippen LogP contribution in [0.5, 0.6) is 0 Å². The smallest absolute Gasteiger partial charge is 0.328 e. The number of hydrogen-bond donors (Lipinski definition) is 4. The molecule has 17 heavy (non-hydrogen) atoms. The second kappa shape index (κ2) is 6.19. The van der Waals surface area contributed by atoms with Gasteiger partial charge in [0.1, 0.15) is 6.04 Å². The van der Waals surface area contributed by atoms with Gasteiger partial charge in [0.05, 0.1) is 13.2 Å². The van der Waals surface area contributed by atoms with Crippen molar-refractivity contribution in [3.63, 3.8) is 0 Å². The van der Waals surface area contributed by atoms with E-state index in [4.69, 9.17) is 10.2 Å². The molecule has 0 unspecified atom stereocenters. The van der Waals surface area contributed by atoms with Crippen molar-refractivity contribution < 1.29 is 24.6 Å². The van der Waals surface area contributed by atoms with Crippen LogP contribution in [0.4, 0.5) is 0 Å². The topological polar surface area (TPSA) is 116 Å². The normalized spacial score (nSPS) is 12.7. The molecule has 98 valence electrons. The molecule has 0 aliphatic rings. The Bertz CT molecular complexity index is 308. The first-order valence-corrected chi connectivity index (χ1v) is 5.09. The fourth-order valence-corrected chi connectivity index (χ4v) is 0.857. The third-order valence-electron chi connectivity index (χ3n) is 1.91. The molecular weight excluding hydrogens is 228 g/mol. The first kappa shape index (κ1) is 15.4. The van der Waals surface area contributed by atoms with Crippen molar-refractivity contribution in [3.05, 3.63) is 0 Å². The van der Waals surface area contributed by atoms with Crippen molar-refractivity contribution in [2.45, 2.75) is 26.8 Å². The maximum absolute atomic E-state index is 11.4. The van der Waals surface area contributed by atoms with Crippen LogP contribution in [0.25, 0.3) is 0 Å². The Morgan fingerprint density at radius 2 is 1.76 bits per heavy atom. The van der Waals surface area contributed by atoms with Gasteiger partial charge in [0.2, 0.25) is 11.8 Å². The fraction of sp³-hybridized carbons (Fsp3) is 0.700. The molecule has 7 nitrogen and oxygen atoms in total. The highest BCUT2D eigenvalue weighted by molar-refractivity contribution is 5.89. The first-order chi connectivity index (χ1) is 7.68. The number of carbonyl (C=O) groups excluding carboxylic acids is 2. The second-order valence-corrected chi connectivity index (χ2v) is 4.57. The zero-order valence-electron chi connectivity index (χ0n) is 10.1. The van der Waals surface area contributed by atoms with Gasteiger partial charge in [-0.3, -0.25) is 9.59 Å². The van der Waals surface area contributed by atoms with Crippen LogP contribution in [0.3, 0.4) is 0 Å². The van der Waals surface area contributed by atoms with Gasteiger partial charge in [-0.2, -0.15) is 0 Å². The predicted octanol–water partition coefficient (Wildman–Crippen LogP) is -1.29. The summed E-state index contributed by atoms with van der Waals surface area (Å²) in [6.07, 6.45) is 0. The lowest BCUT2D eigenvalue weighted by atomic mass is 9.96. The molecule has 7 heteroatoms. The quantitative estimate of drug-likeness (QED) is 0.481. The van der Waals surface area contributed by atoms with E-state index in [9.17, 15) is 14.4 Å². The lowest BCUT2D eigenvalue weighted by Gasteiger charge is -2.18. The lowest BCUT2D eigenvalue weighted by Crippen LogP contribution is -2.48. The minimum absolute atomic E-state index is 0.316. The molecule has 0 aliphatic carbocycles. The average molecular weight is 246 g/mol. The Hall–Kier alpha value is -1.63. The van der Waals surface area contributed by atoms with E-state index in [0.717, 1.165) is 0 Å². The molecule has 4 N–H and O–H groups in total. The third-order valence-corrected chi connectivity index (χ3v) is 1.91. The number of rotatable bonds is 5. The molecule has 0 heterocycles. The Kier molecular flexibility index (Phi) is 5.60. The highest BCUT2D eigenvalue weighted by atomic mass is 16.4. The van der Waals surface area contributed by atoms with Crippen LogP contribution in [0, 0.1) is 5.41 Å². The van der Waals surface area contributed by atoms with Gasteiger partial charge in [-0.25, -0.2) is 4.79 Å². The van der Waals surface area contributed by atoms with E-state index < -0.39 is 29.9 Å². The molecule has 0 aromatic rings. The number of aliphatic hydroxyl groups excluding tert-OH is 1. The summed E-state index contributed by atoms with van der Waals surface area (Å²) in [6, 6.07) is -1.35. The number of nitrogens with one attached hydrogen (secondary N) is 2. The first-order valence-electron chi connectivity index (χ1n) is 5.09. The zero-order chi connectivity index (χ0) is 13.6.